The van der Waals surface area contributed by atoms with Gasteiger partial charge in [-0.3, -0.25) is 4.79 Å². The average Bonchev–Trinajstić information content (AvgIpc) is 3.01. The van der Waals surface area contributed by atoms with E-state index in [1.165, 1.54) is 0 Å². The van der Waals surface area contributed by atoms with Gasteiger partial charge < -0.3 is 94.0 Å². The van der Waals surface area contributed by atoms with E-state index in [1.807, 2.05) is 0 Å². The van der Waals surface area contributed by atoms with Gasteiger partial charge in [0.15, 0.2) is 12.6 Å². The Morgan fingerprint density at radius 2 is 1.50 bits per heavy atom. The molecule has 19 heteroatoms. The molecule has 268 valence electrons. The summed E-state index contributed by atoms with van der Waals surface area (Å²) in [6.07, 6.45) is -15.2. The third kappa shape index (κ3) is 8.32. The maximum Gasteiger partial charge on any atom is 0.249 e. The second-order valence-electron chi connectivity index (χ2n) is 12.9. The molecule has 2 aliphatic heterocycles. The zero-order valence-corrected chi connectivity index (χ0v) is 25.6. The molecule has 0 spiro atoms. The van der Waals surface area contributed by atoms with Crippen LogP contribution in [0.25, 0.3) is 0 Å². The number of aliphatic hydroxyl groups is 7. The van der Waals surface area contributed by atoms with Crippen LogP contribution < -0.4 is 39.3 Å². The largest absolute Gasteiger partial charge is 0.394 e. The van der Waals surface area contributed by atoms with Crippen LogP contribution in [0.2, 0.25) is 0 Å². The van der Waals surface area contributed by atoms with Crippen molar-refractivity contribution in [3.05, 3.63) is 0 Å². The molecule has 19 N–H and O–H groups in total. The number of nitrogens with two attached hydrogens (primary N) is 5. The number of rotatable bonds is 13. The monoisotopic (exact) mass is 667 g/mol. The summed E-state index contributed by atoms with van der Waals surface area (Å²) in [5.41, 5.74) is 29.6. The van der Waals surface area contributed by atoms with Crippen LogP contribution >= 0.6 is 0 Å². The molecule has 46 heavy (non-hydrogen) atoms. The summed E-state index contributed by atoms with van der Waals surface area (Å²) in [4.78, 5) is 12.8. The lowest BCUT2D eigenvalue weighted by Crippen LogP contribution is -2.70. The molecule has 4 fully saturated rings. The summed E-state index contributed by atoms with van der Waals surface area (Å²) < 4.78 is 23.7. The molecule has 2 heterocycles. The van der Waals surface area contributed by atoms with Gasteiger partial charge in [0.05, 0.1) is 24.7 Å². The first kappa shape index (κ1) is 37.6. The van der Waals surface area contributed by atoms with Crippen molar-refractivity contribution in [1.82, 2.24) is 10.6 Å². The van der Waals surface area contributed by atoms with Crippen LogP contribution in [0.4, 0.5) is 0 Å². The first-order valence-corrected chi connectivity index (χ1v) is 15.8. The Bertz CT molecular complexity index is 970. The van der Waals surface area contributed by atoms with E-state index in [0.29, 0.717) is 6.54 Å². The van der Waals surface area contributed by atoms with Crippen LogP contribution in [-0.2, 0) is 23.7 Å². The summed E-state index contributed by atoms with van der Waals surface area (Å²) in [5.74, 6) is -0.576. The Morgan fingerprint density at radius 3 is 2.11 bits per heavy atom. The van der Waals surface area contributed by atoms with Crippen molar-refractivity contribution < 1.29 is 59.5 Å². The minimum absolute atomic E-state index is 0.0244. The highest BCUT2D eigenvalue weighted by Gasteiger charge is 2.53. The summed E-state index contributed by atoms with van der Waals surface area (Å²) in [5, 5.41) is 80.0. The summed E-state index contributed by atoms with van der Waals surface area (Å²) in [7, 11) is 0. The van der Waals surface area contributed by atoms with E-state index < -0.39 is 110 Å². The predicted molar refractivity (Wildman–Crippen MR) is 158 cm³/mol. The SMILES string of the molecule is NCC[C@H](O)C(=O)N[C@@H]1C[C@H](N)C(O[C@H]2O[C@H](CN)[C@@H](O)[C@H](O)[C@H]2NCC2CC(N)C2)[C@H](O)[C@H]1O[C@H]1O[C@H](CO)[C@@H](O)[C@H](N)[C@H]1O. The van der Waals surface area contributed by atoms with Crippen LogP contribution in [0.3, 0.4) is 0 Å². The summed E-state index contributed by atoms with van der Waals surface area (Å²) in [6, 6.07) is -4.21. The van der Waals surface area contributed by atoms with Gasteiger partial charge in [-0.05, 0) is 44.7 Å². The van der Waals surface area contributed by atoms with E-state index in [0.717, 1.165) is 12.8 Å². The Labute approximate surface area is 266 Å². The van der Waals surface area contributed by atoms with Crippen molar-refractivity contribution in [2.45, 2.75) is 130 Å². The Hall–Kier alpha value is -1.21. The molecule has 0 radical (unpaired) electrons. The summed E-state index contributed by atoms with van der Waals surface area (Å²) >= 11 is 0. The van der Waals surface area contributed by atoms with Gasteiger partial charge in [-0.1, -0.05) is 0 Å². The molecule has 0 aromatic heterocycles. The minimum atomic E-state index is -1.65. The Kier molecular flexibility index (Phi) is 13.5. The van der Waals surface area contributed by atoms with Gasteiger partial charge in [-0.15, -0.1) is 0 Å². The van der Waals surface area contributed by atoms with Crippen LogP contribution in [0.15, 0.2) is 0 Å². The van der Waals surface area contributed by atoms with Gasteiger partial charge in [0, 0.05) is 18.6 Å². The highest BCUT2D eigenvalue weighted by atomic mass is 16.7. The van der Waals surface area contributed by atoms with Gasteiger partial charge in [0.25, 0.3) is 0 Å². The molecule has 2 saturated heterocycles. The molecule has 2 aliphatic carbocycles. The van der Waals surface area contributed by atoms with Gasteiger partial charge in [-0.25, -0.2) is 0 Å². The molecular weight excluding hydrogens is 614 g/mol. The fraction of sp³-hybridized carbons (Fsp3) is 0.963. The molecule has 0 bridgehead atoms. The van der Waals surface area contributed by atoms with Crippen molar-refractivity contribution in [3.63, 3.8) is 0 Å². The quantitative estimate of drug-likeness (QED) is 0.0866. The maximum absolute atomic E-state index is 12.8. The number of ether oxygens (including phenoxy) is 4. The molecule has 1 unspecified atom stereocenters. The smallest absolute Gasteiger partial charge is 0.249 e. The normalized spacial score (nSPS) is 47.2. The van der Waals surface area contributed by atoms with Crippen molar-refractivity contribution in [3.8, 4) is 0 Å². The number of hydrogen-bond acceptors (Lipinski definition) is 18. The van der Waals surface area contributed by atoms with E-state index in [2.05, 4.69) is 10.6 Å². The second-order valence-corrected chi connectivity index (χ2v) is 12.9. The lowest BCUT2D eigenvalue weighted by Gasteiger charge is -2.49. The first-order valence-electron chi connectivity index (χ1n) is 15.8. The molecule has 16 atom stereocenters. The predicted octanol–water partition coefficient (Wildman–Crippen LogP) is -8.09. The standard InChI is InChI=1S/C27H53N7O12/c28-2-1-13(36)25(42)34-12-5-11(31)23(22(41)24(12)46-27-20(39)16(32)18(37)15(8-35)44-27)45-26-17(33-7-9-3-10(30)4-9)21(40)19(38)14(6-29)43-26/h9-24,26-27,33,35-41H,1-8,28-32H2,(H,34,42)/t9?,10?,11-,12+,13-,14+,15+,16-,17+,18+,19+,20+,21+,22-,23?,24-,26+,27+/m0/s1. The number of carbonyl (C=O) groups is 1. The van der Waals surface area contributed by atoms with Gasteiger partial charge >= 0.3 is 0 Å². The first-order chi connectivity index (χ1) is 21.8. The van der Waals surface area contributed by atoms with E-state index in [9.17, 15) is 40.5 Å². The summed E-state index contributed by atoms with van der Waals surface area (Å²) in [6.45, 7) is -0.344. The maximum atomic E-state index is 12.8. The van der Waals surface area contributed by atoms with Crippen LogP contribution in [-0.4, -0.2) is 172 Å². The third-order valence-corrected chi connectivity index (χ3v) is 9.46. The van der Waals surface area contributed by atoms with Gasteiger partial charge in [0.1, 0.15) is 61.0 Å². The minimum Gasteiger partial charge on any atom is -0.394 e. The van der Waals surface area contributed by atoms with Crippen LogP contribution in [0.1, 0.15) is 25.7 Å². The number of carbonyl (C=O) groups excluding carboxylic acids is 1. The lowest BCUT2D eigenvalue weighted by atomic mass is 9.80. The fourth-order valence-electron chi connectivity index (χ4n) is 6.56. The van der Waals surface area contributed by atoms with E-state index in [1.54, 1.807) is 0 Å². The molecule has 1 amide bonds. The molecular formula is C27H53N7O12. The van der Waals surface area contributed by atoms with Crippen LogP contribution in [0.5, 0.6) is 0 Å². The Balaban J connectivity index is 1.56. The zero-order chi connectivity index (χ0) is 33.9. The lowest BCUT2D eigenvalue weighted by molar-refractivity contribution is -0.321. The Morgan fingerprint density at radius 1 is 0.848 bits per heavy atom. The van der Waals surface area contributed by atoms with Crippen molar-refractivity contribution in [2.75, 3.05) is 26.2 Å². The van der Waals surface area contributed by atoms with Gasteiger partial charge in [-0.2, -0.15) is 0 Å². The van der Waals surface area contributed by atoms with E-state index in [-0.39, 0.29) is 37.9 Å². The van der Waals surface area contributed by atoms with Crippen molar-refractivity contribution in [2.24, 2.45) is 34.6 Å². The fourth-order valence-corrected chi connectivity index (χ4v) is 6.56. The molecule has 4 aliphatic rings. The van der Waals surface area contributed by atoms with Crippen LogP contribution in [0, 0.1) is 5.92 Å². The number of aliphatic hydroxyl groups excluding tert-OH is 7. The number of hydrogen-bond donors (Lipinski definition) is 14. The van der Waals surface area contributed by atoms with E-state index >= 15 is 0 Å². The molecule has 4 rings (SSSR count). The molecule has 0 aromatic carbocycles. The second kappa shape index (κ2) is 16.5. The topological polar surface area (TPSA) is 350 Å². The number of amides is 1. The van der Waals surface area contributed by atoms with Crippen molar-refractivity contribution in [1.29, 1.82) is 0 Å². The van der Waals surface area contributed by atoms with E-state index in [4.69, 9.17) is 47.6 Å². The third-order valence-electron chi connectivity index (χ3n) is 9.46. The average molecular weight is 668 g/mol. The van der Waals surface area contributed by atoms with Crippen molar-refractivity contribution >= 4 is 5.91 Å². The number of nitrogens with one attached hydrogen (secondary N) is 2. The van der Waals surface area contributed by atoms with Gasteiger partial charge in [0.2, 0.25) is 5.91 Å². The molecule has 2 saturated carbocycles. The highest BCUT2D eigenvalue weighted by molar-refractivity contribution is 5.80. The molecule has 19 nitrogen and oxygen atoms in total. The zero-order valence-electron chi connectivity index (χ0n) is 25.6. The molecule has 0 aromatic rings. The highest BCUT2D eigenvalue weighted by Crippen LogP contribution is 2.33.